The van der Waals surface area contributed by atoms with Gasteiger partial charge in [-0.2, -0.15) is 11.8 Å². The van der Waals surface area contributed by atoms with Gasteiger partial charge in [-0.05, 0) is 19.8 Å². The smallest absolute Gasteiger partial charge is 0.137 e. The molecule has 0 aliphatic heterocycles. The maximum absolute atomic E-state index is 5.22. The van der Waals surface area contributed by atoms with E-state index in [-0.39, 0.29) is 0 Å². The first-order valence-electron chi connectivity index (χ1n) is 8.79. The normalized spacial score (nSPS) is 24.3. The summed E-state index contributed by atoms with van der Waals surface area (Å²) in [6.45, 7) is 1.98. The minimum atomic E-state index is 0.365. The Hall–Kier alpha value is -2.02. The Morgan fingerprint density at radius 3 is 2.56 bits per heavy atom. The summed E-state index contributed by atoms with van der Waals surface area (Å²) in [6.07, 6.45) is 18.6. The van der Waals surface area contributed by atoms with Crippen molar-refractivity contribution in [1.82, 2.24) is 24.3 Å². The summed E-state index contributed by atoms with van der Waals surface area (Å²) in [7, 11) is 0. The fraction of sp³-hybridized carbons (Fsp3) is 0.500. The molecule has 1 saturated carbocycles. The minimum absolute atomic E-state index is 0.365. The quantitative estimate of drug-likeness (QED) is 0.645. The molecule has 0 N–H and O–H groups in total. The molecule has 6 nitrogen and oxygen atoms in total. The topological polar surface area (TPSA) is 61.7 Å². The number of aromatic nitrogens is 5. The molecule has 0 spiro atoms. The predicted molar refractivity (Wildman–Crippen MR) is 97.3 cm³/mol. The molecule has 7 heteroatoms. The summed E-state index contributed by atoms with van der Waals surface area (Å²) in [6, 6.07) is 0.768. The zero-order chi connectivity index (χ0) is 17.1. The molecule has 0 aromatic carbocycles. The van der Waals surface area contributed by atoms with Crippen LogP contribution in [0.15, 0.2) is 48.2 Å². The Kier molecular flexibility index (Phi) is 4.92. The summed E-state index contributed by atoms with van der Waals surface area (Å²) in [4.78, 5) is 8.58. The first kappa shape index (κ1) is 16.4. The number of hydrogen-bond acceptors (Lipinski definition) is 5. The number of hydrogen-bond donors (Lipinski definition) is 0. The zero-order valence-corrected chi connectivity index (χ0v) is 15.2. The summed E-state index contributed by atoms with van der Waals surface area (Å²) in [5, 5.41) is 4.42. The molecule has 1 fully saturated rings. The number of aryl methyl sites for hydroxylation is 1. The van der Waals surface area contributed by atoms with Crippen LogP contribution in [-0.2, 0) is 5.75 Å². The monoisotopic (exact) mass is 357 g/mol. The van der Waals surface area contributed by atoms with Gasteiger partial charge in [0.25, 0.3) is 0 Å². The van der Waals surface area contributed by atoms with E-state index in [1.807, 2.05) is 49.9 Å². The van der Waals surface area contributed by atoms with Crippen LogP contribution in [0.25, 0.3) is 0 Å². The number of nitrogens with zero attached hydrogens (tertiary/aromatic N) is 5. The highest BCUT2D eigenvalue weighted by molar-refractivity contribution is 7.99. The van der Waals surface area contributed by atoms with Crippen molar-refractivity contribution in [2.75, 3.05) is 0 Å². The van der Waals surface area contributed by atoms with Crippen LogP contribution in [0.3, 0.4) is 0 Å². The molecule has 1 aliphatic carbocycles. The van der Waals surface area contributed by atoms with Gasteiger partial charge in [-0.3, -0.25) is 0 Å². The van der Waals surface area contributed by atoms with Gasteiger partial charge in [0.05, 0.1) is 30.9 Å². The minimum Gasteiger partial charge on any atom is -0.361 e. The first-order chi connectivity index (χ1) is 12.3. The van der Waals surface area contributed by atoms with Crippen LogP contribution in [0.5, 0.6) is 0 Å². The summed E-state index contributed by atoms with van der Waals surface area (Å²) >= 11 is 2.01. The van der Waals surface area contributed by atoms with Crippen molar-refractivity contribution < 1.29 is 4.52 Å². The van der Waals surface area contributed by atoms with Crippen LogP contribution < -0.4 is 0 Å². The SMILES string of the molecule is Cc1oncc1CSC1CCCCC(n2ccnc2)C1n1ccnc1. The van der Waals surface area contributed by atoms with Gasteiger partial charge in [0.1, 0.15) is 5.76 Å². The lowest BCUT2D eigenvalue weighted by Crippen LogP contribution is -2.29. The van der Waals surface area contributed by atoms with Gasteiger partial charge in [0, 0.05) is 41.4 Å². The number of thioether (sulfide) groups is 1. The van der Waals surface area contributed by atoms with Gasteiger partial charge in [-0.1, -0.05) is 18.0 Å². The lowest BCUT2D eigenvalue weighted by atomic mass is 10.0. The second kappa shape index (κ2) is 7.47. The Labute approximate surface area is 151 Å². The molecular weight excluding hydrogens is 334 g/mol. The maximum atomic E-state index is 5.22. The van der Waals surface area contributed by atoms with Crippen molar-refractivity contribution >= 4 is 11.8 Å². The Bertz CT molecular complexity index is 767. The van der Waals surface area contributed by atoms with Gasteiger partial charge in [-0.15, -0.1) is 0 Å². The third-order valence-electron chi connectivity index (χ3n) is 5.09. The van der Waals surface area contributed by atoms with Crippen molar-refractivity contribution in [2.45, 2.75) is 55.7 Å². The fourth-order valence-corrected chi connectivity index (χ4v) is 5.28. The second-order valence-electron chi connectivity index (χ2n) is 6.62. The molecule has 4 rings (SSSR count). The molecule has 1 aliphatic rings. The molecule has 0 radical (unpaired) electrons. The van der Waals surface area contributed by atoms with Gasteiger partial charge in [0.15, 0.2) is 0 Å². The summed E-state index contributed by atoms with van der Waals surface area (Å²) < 4.78 is 9.78. The van der Waals surface area contributed by atoms with E-state index in [0.29, 0.717) is 17.3 Å². The third-order valence-corrected chi connectivity index (χ3v) is 6.51. The van der Waals surface area contributed by atoms with E-state index in [9.17, 15) is 0 Å². The Morgan fingerprint density at radius 1 is 1.12 bits per heavy atom. The molecule has 25 heavy (non-hydrogen) atoms. The van der Waals surface area contributed by atoms with E-state index in [1.165, 1.54) is 31.2 Å². The van der Waals surface area contributed by atoms with Crippen molar-refractivity contribution in [2.24, 2.45) is 0 Å². The first-order valence-corrected chi connectivity index (χ1v) is 9.84. The van der Waals surface area contributed by atoms with E-state index in [2.05, 4.69) is 36.7 Å². The van der Waals surface area contributed by atoms with E-state index < -0.39 is 0 Å². The van der Waals surface area contributed by atoms with E-state index in [1.54, 1.807) is 0 Å². The van der Waals surface area contributed by atoms with Crippen LogP contribution in [0.2, 0.25) is 0 Å². The summed E-state index contributed by atoms with van der Waals surface area (Å²) in [5.74, 6) is 1.86. The maximum Gasteiger partial charge on any atom is 0.137 e. The Morgan fingerprint density at radius 2 is 1.88 bits per heavy atom. The average Bonchev–Trinajstić information content (AvgIpc) is 3.36. The summed E-state index contributed by atoms with van der Waals surface area (Å²) in [5.41, 5.74) is 1.19. The van der Waals surface area contributed by atoms with Crippen molar-refractivity contribution in [3.05, 3.63) is 55.0 Å². The second-order valence-corrected chi connectivity index (χ2v) is 7.85. The molecule has 0 amide bonds. The largest absolute Gasteiger partial charge is 0.361 e. The highest BCUT2D eigenvalue weighted by Gasteiger charge is 2.34. The molecule has 132 valence electrons. The zero-order valence-electron chi connectivity index (χ0n) is 14.4. The molecule has 3 heterocycles. The highest BCUT2D eigenvalue weighted by atomic mass is 32.2. The van der Waals surface area contributed by atoms with Crippen LogP contribution in [0, 0.1) is 6.92 Å². The highest BCUT2D eigenvalue weighted by Crippen LogP contribution is 2.42. The Balaban J connectivity index is 1.61. The van der Waals surface area contributed by atoms with Gasteiger partial charge >= 0.3 is 0 Å². The van der Waals surface area contributed by atoms with E-state index >= 15 is 0 Å². The van der Waals surface area contributed by atoms with Crippen LogP contribution >= 0.6 is 11.8 Å². The lowest BCUT2D eigenvalue weighted by molar-refractivity contribution is 0.313. The van der Waals surface area contributed by atoms with Crippen molar-refractivity contribution in [3.8, 4) is 0 Å². The standard InChI is InChI=1S/C18H23N5OS/c1-14-15(10-21-24-14)11-25-17-5-3-2-4-16(22-8-6-19-12-22)18(17)23-9-7-20-13-23/h6-10,12-13,16-18H,2-5,11H2,1H3. The molecular formula is C18H23N5OS. The van der Waals surface area contributed by atoms with Gasteiger partial charge < -0.3 is 13.7 Å². The van der Waals surface area contributed by atoms with Crippen molar-refractivity contribution in [3.63, 3.8) is 0 Å². The lowest BCUT2D eigenvalue weighted by Gasteiger charge is -2.33. The van der Waals surface area contributed by atoms with E-state index in [4.69, 9.17) is 4.52 Å². The van der Waals surface area contributed by atoms with Crippen LogP contribution in [0.1, 0.15) is 49.1 Å². The van der Waals surface area contributed by atoms with Gasteiger partial charge in [0.2, 0.25) is 0 Å². The van der Waals surface area contributed by atoms with Gasteiger partial charge in [-0.25, -0.2) is 9.97 Å². The third kappa shape index (κ3) is 3.51. The molecule has 3 unspecified atom stereocenters. The van der Waals surface area contributed by atoms with Crippen molar-refractivity contribution in [1.29, 1.82) is 0 Å². The van der Waals surface area contributed by atoms with Crippen LogP contribution in [0.4, 0.5) is 0 Å². The van der Waals surface area contributed by atoms with E-state index in [0.717, 1.165) is 11.5 Å². The molecule has 3 aromatic rings. The van der Waals surface area contributed by atoms with Crippen LogP contribution in [-0.4, -0.2) is 29.5 Å². The molecule has 0 bridgehead atoms. The number of imidazole rings is 2. The fourth-order valence-electron chi connectivity index (χ4n) is 3.75. The average molecular weight is 357 g/mol. The predicted octanol–water partition coefficient (Wildman–Crippen LogP) is 4.03. The molecule has 3 atom stereocenters. The molecule has 3 aromatic heterocycles. The molecule has 0 saturated heterocycles. The number of rotatable bonds is 5.